The largest absolute Gasteiger partial charge is 0.311 e. The summed E-state index contributed by atoms with van der Waals surface area (Å²) in [6, 6.07) is 5.90. The molecule has 0 unspecified atom stereocenters. The van der Waals surface area contributed by atoms with E-state index < -0.39 is 0 Å². The molecule has 0 saturated heterocycles. The number of aryl methyl sites for hydroxylation is 2. The van der Waals surface area contributed by atoms with E-state index in [1.165, 1.54) is 18.2 Å². The van der Waals surface area contributed by atoms with Gasteiger partial charge < -0.3 is 4.98 Å². The zero-order valence-corrected chi connectivity index (χ0v) is 10.5. The van der Waals surface area contributed by atoms with Gasteiger partial charge in [-0.05, 0) is 31.0 Å². The van der Waals surface area contributed by atoms with Gasteiger partial charge in [-0.2, -0.15) is 0 Å². The second-order valence-electron chi connectivity index (χ2n) is 4.29. The first-order valence-electron chi connectivity index (χ1n) is 5.97. The average molecular weight is 246 g/mol. The van der Waals surface area contributed by atoms with Crippen LogP contribution in [0.2, 0.25) is 0 Å². The predicted molar refractivity (Wildman–Crippen MR) is 69.0 cm³/mol. The van der Waals surface area contributed by atoms with Gasteiger partial charge >= 0.3 is 0 Å². The molecule has 0 amide bonds. The third-order valence-corrected chi connectivity index (χ3v) is 2.75. The molecule has 0 aliphatic carbocycles. The molecule has 0 saturated carbocycles. The monoisotopic (exact) mass is 246 g/mol. The Morgan fingerprint density at radius 2 is 2.11 bits per heavy atom. The van der Waals surface area contributed by atoms with Crippen molar-refractivity contribution < 1.29 is 4.39 Å². The summed E-state index contributed by atoms with van der Waals surface area (Å²) in [6.07, 6.45) is 1.60. The van der Waals surface area contributed by atoms with Crippen LogP contribution in [0.25, 0.3) is 11.3 Å². The maximum atomic E-state index is 13.3. The summed E-state index contributed by atoms with van der Waals surface area (Å²) >= 11 is 0. The second-order valence-corrected chi connectivity index (χ2v) is 4.29. The molecule has 0 spiro atoms. The van der Waals surface area contributed by atoms with Gasteiger partial charge in [0.15, 0.2) is 0 Å². The minimum absolute atomic E-state index is 0.202. The third-order valence-electron chi connectivity index (χ3n) is 2.75. The molecule has 2 rings (SSSR count). The average Bonchev–Trinajstić information content (AvgIpc) is 2.32. The second kappa shape index (κ2) is 5.12. The minimum atomic E-state index is -0.324. The van der Waals surface area contributed by atoms with Gasteiger partial charge in [-0.1, -0.05) is 13.0 Å². The first-order valence-corrected chi connectivity index (χ1v) is 5.97. The van der Waals surface area contributed by atoms with Crippen LogP contribution >= 0.6 is 0 Å². The molecule has 2 aromatic rings. The fourth-order valence-corrected chi connectivity index (χ4v) is 1.87. The van der Waals surface area contributed by atoms with Crippen molar-refractivity contribution in [1.82, 2.24) is 9.97 Å². The van der Waals surface area contributed by atoms with E-state index >= 15 is 0 Å². The highest BCUT2D eigenvalue weighted by Gasteiger charge is 2.07. The summed E-state index contributed by atoms with van der Waals surface area (Å²) < 4.78 is 13.3. The van der Waals surface area contributed by atoms with E-state index in [9.17, 15) is 9.18 Å². The number of H-pyrrole nitrogens is 1. The molecule has 0 atom stereocenters. The Labute approximate surface area is 105 Å². The number of aromatic nitrogens is 2. The fourth-order valence-electron chi connectivity index (χ4n) is 1.87. The van der Waals surface area contributed by atoms with Gasteiger partial charge in [-0.15, -0.1) is 0 Å². The Bertz CT molecular complexity index is 619. The van der Waals surface area contributed by atoms with Crippen molar-refractivity contribution in [2.45, 2.75) is 26.7 Å². The van der Waals surface area contributed by atoms with E-state index in [4.69, 9.17) is 0 Å². The molecule has 0 aliphatic heterocycles. The van der Waals surface area contributed by atoms with Gasteiger partial charge in [0.2, 0.25) is 0 Å². The molecule has 0 bridgehead atoms. The Balaban J connectivity index is 2.56. The molecule has 1 N–H and O–H groups in total. The highest BCUT2D eigenvalue weighted by atomic mass is 19.1. The number of nitrogens with one attached hydrogen (secondary N) is 1. The number of benzene rings is 1. The molecule has 0 fully saturated rings. The van der Waals surface area contributed by atoms with Crippen LogP contribution in [-0.4, -0.2) is 9.97 Å². The minimum Gasteiger partial charge on any atom is -0.311 e. The van der Waals surface area contributed by atoms with Crippen molar-refractivity contribution in [3.63, 3.8) is 0 Å². The molecule has 1 aromatic carbocycles. The summed E-state index contributed by atoms with van der Waals surface area (Å²) in [5.41, 5.74) is 1.89. The Morgan fingerprint density at radius 3 is 2.83 bits per heavy atom. The highest BCUT2D eigenvalue weighted by Crippen LogP contribution is 2.21. The number of halogens is 1. The van der Waals surface area contributed by atoms with E-state index in [1.807, 2.05) is 13.8 Å². The molecule has 4 heteroatoms. The molecule has 18 heavy (non-hydrogen) atoms. The van der Waals surface area contributed by atoms with Gasteiger partial charge in [-0.3, -0.25) is 4.79 Å². The molecule has 0 aliphatic rings. The summed E-state index contributed by atoms with van der Waals surface area (Å²) in [5.74, 6) is 0.318. The number of nitrogens with zero attached hydrogens (tertiary/aromatic N) is 1. The van der Waals surface area contributed by atoms with Crippen LogP contribution in [0.15, 0.2) is 29.1 Å². The Hall–Kier alpha value is -1.97. The number of aromatic amines is 1. The molecule has 1 heterocycles. The van der Waals surface area contributed by atoms with Gasteiger partial charge in [0.1, 0.15) is 11.6 Å². The summed E-state index contributed by atoms with van der Waals surface area (Å²) in [5, 5.41) is 0. The van der Waals surface area contributed by atoms with Crippen molar-refractivity contribution >= 4 is 0 Å². The van der Waals surface area contributed by atoms with E-state index in [-0.39, 0.29) is 11.4 Å². The lowest BCUT2D eigenvalue weighted by molar-refractivity contribution is 0.628. The van der Waals surface area contributed by atoms with Crippen molar-refractivity contribution in [3.8, 4) is 11.3 Å². The summed E-state index contributed by atoms with van der Waals surface area (Å²) in [4.78, 5) is 18.6. The maximum absolute atomic E-state index is 13.3. The van der Waals surface area contributed by atoms with Crippen LogP contribution in [0.4, 0.5) is 4.39 Å². The van der Waals surface area contributed by atoms with Gasteiger partial charge in [0.05, 0.1) is 5.69 Å². The van der Waals surface area contributed by atoms with Gasteiger partial charge in [-0.25, -0.2) is 9.37 Å². The van der Waals surface area contributed by atoms with E-state index in [0.717, 1.165) is 12.0 Å². The topological polar surface area (TPSA) is 45.8 Å². The molecule has 3 nitrogen and oxygen atoms in total. The van der Waals surface area contributed by atoms with E-state index in [1.54, 1.807) is 6.07 Å². The predicted octanol–water partition coefficient (Wildman–Crippen LogP) is 2.84. The van der Waals surface area contributed by atoms with Crippen LogP contribution in [0, 0.1) is 12.7 Å². The van der Waals surface area contributed by atoms with E-state index in [2.05, 4.69) is 9.97 Å². The summed E-state index contributed by atoms with van der Waals surface area (Å²) in [6.45, 7) is 3.89. The van der Waals surface area contributed by atoms with Crippen molar-refractivity contribution in [3.05, 3.63) is 51.8 Å². The van der Waals surface area contributed by atoms with Crippen LogP contribution in [0.5, 0.6) is 0 Å². The van der Waals surface area contributed by atoms with Crippen LogP contribution in [0.1, 0.15) is 24.7 Å². The van der Waals surface area contributed by atoms with Crippen LogP contribution < -0.4 is 5.56 Å². The standard InChI is InChI=1S/C14H15FN2O/c1-3-4-13-16-12(8-14(18)17-13)11-7-10(15)6-5-9(11)2/h5-8H,3-4H2,1-2H3,(H,16,17,18). The zero-order chi connectivity index (χ0) is 13.1. The van der Waals surface area contributed by atoms with Crippen molar-refractivity contribution in [2.24, 2.45) is 0 Å². The van der Waals surface area contributed by atoms with Gasteiger partial charge in [0.25, 0.3) is 5.56 Å². The zero-order valence-electron chi connectivity index (χ0n) is 10.5. The fraction of sp³-hybridized carbons (Fsp3) is 0.286. The molecular formula is C14H15FN2O. The maximum Gasteiger partial charge on any atom is 0.251 e. The summed E-state index contributed by atoms with van der Waals surface area (Å²) in [7, 11) is 0. The number of hydrogen-bond donors (Lipinski definition) is 1. The molecular weight excluding hydrogens is 231 g/mol. The lowest BCUT2D eigenvalue weighted by Crippen LogP contribution is -2.11. The molecule has 1 aromatic heterocycles. The van der Waals surface area contributed by atoms with Gasteiger partial charge in [0, 0.05) is 18.1 Å². The molecule has 94 valence electrons. The highest BCUT2D eigenvalue weighted by molar-refractivity contribution is 5.63. The Kier molecular flexibility index (Phi) is 3.55. The smallest absolute Gasteiger partial charge is 0.251 e. The number of hydrogen-bond acceptors (Lipinski definition) is 2. The first-order chi connectivity index (χ1) is 8.60. The van der Waals surface area contributed by atoms with E-state index in [0.29, 0.717) is 23.5 Å². The van der Waals surface area contributed by atoms with Crippen LogP contribution in [-0.2, 0) is 6.42 Å². The lowest BCUT2D eigenvalue weighted by Gasteiger charge is -2.07. The first kappa shape index (κ1) is 12.5. The van der Waals surface area contributed by atoms with Crippen molar-refractivity contribution in [2.75, 3.05) is 0 Å². The third kappa shape index (κ3) is 2.64. The quantitative estimate of drug-likeness (QED) is 0.905. The SMILES string of the molecule is CCCc1nc(-c2cc(F)ccc2C)cc(=O)[nH]1. The molecule has 0 radical (unpaired) electrons. The van der Waals surface area contributed by atoms with Crippen molar-refractivity contribution in [1.29, 1.82) is 0 Å². The van der Waals surface area contributed by atoms with Crippen LogP contribution in [0.3, 0.4) is 0 Å². The number of rotatable bonds is 3. The lowest BCUT2D eigenvalue weighted by atomic mass is 10.1. The normalized spacial score (nSPS) is 10.6. The Morgan fingerprint density at radius 1 is 1.33 bits per heavy atom.